The van der Waals surface area contributed by atoms with Crippen LogP contribution in [0.4, 0.5) is 0 Å². The summed E-state index contributed by atoms with van der Waals surface area (Å²) >= 11 is 5.16. The van der Waals surface area contributed by atoms with Crippen molar-refractivity contribution in [1.29, 1.82) is 0 Å². The molecular formula is C18H25N5O3S2. The van der Waals surface area contributed by atoms with E-state index < -0.39 is 16.1 Å². The number of rotatable bonds is 7. The van der Waals surface area contributed by atoms with Crippen molar-refractivity contribution in [1.82, 2.24) is 24.4 Å². The molecule has 3 rings (SSSR count). The van der Waals surface area contributed by atoms with Gasteiger partial charge in [-0.15, -0.1) is 0 Å². The van der Waals surface area contributed by atoms with Crippen LogP contribution in [0.2, 0.25) is 0 Å². The maximum absolute atomic E-state index is 13.0. The Balaban J connectivity index is 1.68. The molecule has 1 atom stereocenters. The minimum Gasteiger partial charge on any atom is -0.354 e. The van der Waals surface area contributed by atoms with Crippen LogP contribution in [-0.2, 0) is 27.8 Å². The van der Waals surface area contributed by atoms with Gasteiger partial charge in [0.2, 0.25) is 15.9 Å². The molecule has 2 N–H and O–H groups in total. The molecule has 1 aliphatic heterocycles. The second-order valence-electron chi connectivity index (χ2n) is 6.67. The predicted molar refractivity (Wildman–Crippen MR) is 108 cm³/mol. The van der Waals surface area contributed by atoms with Gasteiger partial charge in [0, 0.05) is 26.1 Å². The topological polar surface area (TPSA) is 100 Å². The molecule has 152 valence electrons. The smallest absolute Gasteiger partial charge is 0.243 e. The standard InChI is InChI=1S/C18H25N5O3S2/c1-2-22-16(20-21-18(22)27)11-12-19-17(24)15-10-6-7-13-23(15)28(25,26)14-8-4-3-5-9-14/h3-5,8-9,15H,2,6-7,10-13H2,1H3,(H,19,24)(H,21,27). The highest BCUT2D eigenvalue weighted by atomic mass is 32.2. The summed E-state index contributed by atoms with van der Waals surface area (Å²) in [5.41, 5.74) is 0. The van der Waals surface area contributed by atoms with Gasteiger partial charge in [-0.25, -0.2) is 8.42 Å². The van der Waals surface area contributed by atoms with E-state index in [1.165, 1.54) is 4.31 Å². The number of piperidine rings is 1. The number of sulfonamides is 1. The van der Waals surface area contributed by atoms with Crippen molar-refractivity contribution in [2.75, 3.05) is 13.1 Å². The van der Waals surface area contributed by atoms with Gasteiger partial charge in [0.1, 0.15) is 11.9 Å². The summed E-state index contributed by atoms with van der Waals surface area (Å²) in [6.45, 7) is 3.39. The highest BCUT2D eigenvalue weighted by Crippen LogP contribution is 2.25. The van der Waals surface area contributed by atoms with Gasteiger partial charge in [-0.3, -0.25) is 9.89 Å². The molecule has 1 aliphatic rings. The highest BCUT2D eigenvalue weighted by molar-refractivity contribution is 7.89. The lowest BCUT2D eigenvalue weighted by molar-refractivity contribution is -0.125. The molecule has 0 saturated carbocycles. The molecule has 1 aromatic carbocycles. The van der Waals surface area contributed by atoms with Crippen molar-refractivity contribution in [3.05, 3.63) is 40.9 Å². The summed E-state index contributed by atoms with van der Waals surface area (Å²) in [5.74, 6) is 0.501. The Morgan fingerprint density at radius 1 is 1.32 bits per heavy atom. The van der Waals surface area contributed by atoms with Crippen LogP contribution in [0.5, 0.6) is 0 Å². The van der Waals surface area contributed by atoms with Crippen molar-refractivity contribution < 1.29 is 13.2 Å². The summed E-state index contributed by atoms with van der Waals surface area (Å²) in [4.78, 5) is 13.0. The number of nitrogens with zero attached hydrogens (tertiary/aromatic N) is 3. The Kier molecular flexibility index (Phi) is 6.63. The van der Waals surface area contributed by atoms with Crippen molar-refractivity contribution >= 4 is 28.1 Å². The second kappa shape index (κ2) is 8.97. The van der Waals surface area contributed by atoms with Gasteiger partial charge >= 0.3 is 0 Å². The number of hydrogen-bond donors (Lipinski definition) is 2. The predicted octanol–water partition coefficient (Wildman–Crippen LogP) is 1.86. The number of aromatic nitrogens is 3. The highest BCUT2D eigenvalue weighted by Gasteiger charge is 2.37. The average Bonchev–Trinajstić information content (AvgIpc) is 3.08. The Bertz CT molecular complexity index is 969. The molecule has 1 fully saturated rings. The zero-order valence-corrected chi connectivity index (χ0v) is 17.4. The summed E-state index contributed by atoms with van der Waals surface area (Å²) in [7, 11) is -3.70. The van der Waals surface area contributed by atoms with E-state index >= 15 is 0 Å². The number of benzene rings is 1. The summed E-state index contributed by atoms with van der Waals surface area (Å²) in [6, 6.07) is 7.58. The van der Waals surface area contributed by atoms with E-state index in [-0.39, 0.29) is 10.8 Å². The van der Waals surface area contributed by atoms with Gasteiger partial charge in [0.15, 0.2) is 4.77 Å². The number of aromatic amines is 1. The summed E-state index contributed by atoms with van der Waals surface area (Å²) in [6.07, 6.45) is 2.62. The van der Waals surface area contributed by atoms with Gasteiger partial charge in [-0.05, 0) is 44.1 Å². The number of hydrogen-bond acceptors (Lipinski definition) is 5. The first-order valence-corrected chi connectivity index (χ1v) is 11.3. The third kappa shape index (κ3) is 4.34. The number of carbonyl (C=O) groups excluding carboxylic acids is 1. The Morgan fingerprint density at radius 2 is 2.07 bits per heavy atom. The minimum atomic E-state index is -3.70. The van der Waals surface area contributed by atoms with E-state index in [1.54, 1.807) is 30.3 Å². The minimum absolute atomic E-state index is 0.216. The zero-order chi connectivity index (χ0) is 20.1. The van der Waals surface area contributed by atoms with Crippen molar-refractivity contribution in [3.63, 3.8) is 0 Å². The molecule has 10 heteroatoms. The lowest BCUT2D eigenvalue weighted by Crippen LogP contribution is -2.52. The molecule has 1 aromatic heterocycles. The van der Waals surface area contributed by atoms with Crippen LogP contribution in [0.25, 0.3) is 0 Å². The van der Waals surface area contributed by atoms with E-state index in [1.807, 2.05) is 11.5 Å². The lowest BCUT2D eigenvalue weighted by Gasteiger charge is -2.33. The van der Waals surface area contributed by atoms with E-state index in [2.05, 4.69) is 15.5 Å². The van der Waals surface area contributed by atoms with Gasteiger partial charge < -0.3 is 9.88 Å². The fourth-order valence-electron chi connectivity index (χ4n) is 3.47. The van der Waals surface area contributed by atoms with Crippen LogP contribution in [0, 0.1) is 4.77 Å². The molecule has 1 amide bonds. The molecule has 2 heterocycles. The molecular weight excluding hydrogens is 398 g/mol. The molecule has 0 aliphatic carbocycles. The van der Waals surface area contributed by atoms with Gasteiger partial charge in [0.25, 0.3) is 0 Å². The van der Waals surface area contributed by atoms with Gasteiger partial charge in [-0.2, -0.15) is 9.40 Å². The van der Waals surface area contributed by atoms with Crippen molar-refractivity contribution in [3.8, 4) is 0 Å². The number of H-pyrrole nitrogens is 1. The third-order valence-corrected chi connectivity index (χ3v) is 7.14. The maximum atomic E-state index is 13.0. The van der Waals surface area contributed by atoms with E-state index in [4.69, 9.17) is 12.2 Å². The van der Waals surface area contributed by atoms with E-state index in [0.29, 0.717) is 37.2 Å². The van der Waals surface area contributed by atoms with Gasteiger partial charge in [0.05, 0.1) is 4.90 Å². The molecule has 28 heavy (non-hydrogen) atoms. The molecule has 1 saturated heterocycles. The van der Waals surface area contributed by atoms with E-state index in [9.17, 15) is 13.2 Å². The van der Waals surface area contributed by atoms with Crippen LogP contribution in [0.1, 0.15) is 32.0 Å². The molecule has 0 radical (unpaired) electrons. The maximum Gasteiger partial charge on any atom is 0.243 e. The first-order chi connectivity index (χ1) is 13.4. The van der Waals surface area contributed by atoms with Crippen LogP contribution in [0.15, 0.2) is 35.2 Å². The van der Waals surface area contributed by atoms with Crippen molar-refractivity contribution in [2.45, 2.75) is 50.1 Å². The molecule has 2 aromatic rings. The van der Waals surface area contributed by atoms with Crippen LogP contribution in [0.3, 0.4) is 0 Å². The van der Waals surface area contributed by atoms with Crippen LogP contribution in [-0.4, -0.2) is 52.5 Å². The Morgan fingerprint density at radius 3 is 2.79 bits per heavy atom. The van der Waals surface area contributed by atoms with Gasteiger partial charge in [-0.1, -0.05) is 24.6 Å². The second-order valence-corrected chi connectivity index (χ2v) is 8.95. The number of nitrogens with one attached hydrogen (secondary N) is 2. The molecule has 0 bridgehead atoms. The largest absolute Gasteiger partial charge is 0.354 e. The summed E-state index contributed by atoms with van der Waals surface area (Å²) in [5, 5.41) is 9.80. The third-order valence-electron chi connectivity index (χ3n) is 4.91. The average molecular weight is 424 g/mol. The normalized spacial score (nSPS) is 18.1. The van der Waals surface area contributed by atoms with Crippen molar-refractivity contribution in [2.24, 2.45) is 0 Å². The first kappa shape index (κ1) is 20.7. The summed E-state index contributed by atoms with van der Waals surface area (Å²) < 4.78 is 29.8. The van der Waals surface area contributed by atoms with Crippen LogP contribution < -0.4 is 5.32 Å². The Labute approximate surface area is 170 Å². The van der Waals surface area contributed by atoms with Crippen LogP contribution >= 0.6 is 12.2 Å². The van der Waals surface area contributed by atoms with E-state index in [0.717, 1.165) is 18.7 Å². The SMILES string of the molecule is CCn1c(CCNC(=O)C2CCCCN2S(=O)(=O)c2ccccc2)n[nH]c1=S. The first-order valence-electron chi connectivity index (χ1n) is 9.44. The number of carbonyl (C=O) groups is 1. The molecule has 1 unspecified atom stereocenters. The fourth-order valence-corrected chi connectivity index (χ4v) is 5.42. The Hall–Kier alpha value is -2.04. The monoisotopic (exact) mass is 423 g/mol. The molecule has 0 spiro atoms. The quantitative estimate of drug-likeness (QED) is 0.662. The molecule has 8 nitrogen and oxygen atoms in total. The lowest BCUT2D eigenvalue weighted by atomic mass is 10.0. The fraction of sp³-hybridized carbons (Fsp3) is 0.500. The number of amides is 1. The zero-order valence-electron chi connectivity index (χ0n) is 15.8.